The molecule has 4 nitrogen and oxygen atoms in total. The average Bonchev–Trinajstić information content (AvgIpc) is 2.26. The number of hydrogen-bond acceptors (Lipinski definition) is 2. The zero-order chi connectivity index (χ0) is 12.7. The molecule has 3 N–H and O–H groups in total. The van der Waals surface area contributed by atoms with E-state index in [1.54, 1.807) is 0 Å². The van der Waals surface area contributed by atoms with Gasteiger partial charge in [-0.05, 0) is 18.4 Å². The van der Waals surface area contributed by atoms with Crippen molar-refractivity contribution in [3.8, 4) is 0 Å². The Morgan fingerprint density at radius 2 is 1.94 bits per heavy atom. The van der Waals surface area contributed by atoms with E-state index in [9.17, 15) is 9.59 Å². The van der Waals surface area contributed by atoms with Crippen LogP contribution < -0.4 is 11.1 Å². The van der Waals surface area contributed by atoms with Gasteiger partial charge in [0.15, 0.2) is 5.12 Å². The van der Waals surface area contributed by atoms with Gasteiger partial charge in [0.2, 0.25) is 0 Å². The van der Waals surface area contributed by atoms with E-state index in [1.807, 2.05) is 30.3 Å². The lowest BCUT2D eigenvalue weighted by Gasteiger charge is -2.16. The summed E-state index contributed by atoms with van der Waals surface area (Å²) in [5, 5.41) is 2.45. The molecule has 1 aromatic carbocycles. The Balaban J connectivity index is 2.56. The first-order valence-corrected chi connectivity index (χ1v) is 5.84. The predicted octanol–water partition coefficient (Wildman–Crippen LogP) is 1.50. The highest BCUT2D eigenvalue weighted by molar-refractivity contribution is 7.96. The summed E-state index contributed by atoms with van der Waals surface area (Å²) < 4.78 is 0. The number of benzene rings is 1. The molecule has 0 aromatic heterocycles. The number of hydrogen-bond donors (Lipinski definition) is 3. The fourth-order valence-electron chi connectivity index (χ4n) is 1.62. The maximum Gasteiger partial charge on any atom is 0.312 e. The highest BCUT2D eigenvalue weighted by Crippen LogP contribution is 2.08. The molecular formula is C12H16N2O2S. The van der Waals surface area contributed by atoms with Crippen LogP contribution in [0, 0.1) is 0 Å². The van der Waals surface area contributed by atoms with E-state index in [0.717, 1.165) is 5.56 Å². The second kappa shape index (κ2) is 6.96. The summed E-state index contributed by atoms with van der Waals surface area (Å²) >= 11 is 3.71. The van der Waals surface area contributed by atoms with Crippen molar-refractivity contribution in [2.45, 2.75) is 25.3 Å². The minimum absolute atomic E-state index is 0.133. The molecule has 0 heterocycles. The van der Waals surface area contributed by atoms with Crippen molar-refractivity contribution < 1.29 is 9.59 Å². The molecule has 0 bridgehead atoms. The number of carbonyl (C=O) groups is 2. The van der Waals surface area contributed by atoms with Gasteiger partial charge in [-0.25, -0.2) is 4.79 Å². The van der Waals surface area contributed by atoms with E-state index in [4.69, 9.17) is 5.73 Å². The van der Waals surface area contributed by atoms with Crippen LogP contribution in [0.25, 0.3) is 0 Å². The molecule has 5 heteroatoms. The maximum atomic E-state index is 10.9. The largest absolute Gasteiger partial charge is 0.352 e. The Kier molecular flexibility index (Phi) is 5.56. The molecule has 0 aliphatic heterocycles. The van der Waals surface area contributed by atoms with E-state index >= 15 is 0 Å². The molecular weight excluding hydrogens is 236 g/mol. The van der Waals surface area contributed by atoms with Gasteiger partial charge in [0.25, 0.3) is 0 Å². The molecule has 1 rings (SSSR count). The monoisotopic (exact) mass is 252 g/mol. The number of nitrogens with two attached hydrogens (primary N) is 1. The second-order valence-electron chi connectivity index (χ2n) is 3.83. The second-order valence-corrected chi connectivity index (χ2v) is 4.33. The SMILES string of the molecule is NC(=O)N[C@@H](CCC(=O)S)Cc1ccccc1. The molecule has 0 radical (unpaired) electrons. The fraction of sp³-hybridized carbons (Fsp3) is 0.333. The minimum atomic E-state index is -0.572. The van der Waals surface area contributed by atoms with Crippen molar-refractivity contribution in [1.82, 2.24) is 5.32 Å². The minimum Gasteiger partial charge on any atom is -0.352 e. The smallest absolute Gasteiger partial charge is 0.312 e. The molecule has 1 aromatic rings. The number of carbonyl (C=O) groups excluding carboxylic acids is 2. The Morgan fingerprint density at radius 3 is 2.47 bits per heavy atom. The van der Waals surface area contributed by atoms with Crippen molar-refractivity contribution in [2.24, 2.45) is 5.73 Å². The molecule has 1 atom stereocenters. The van der Waals surface area contributed by atoms with Crippen LogP contribution >= 0.6 is 12.6 Å². The van der Waals surface area contributed by atoms with E-state index in [-0.39, 0.29) is 11.2 Å². The van der Waals surface area contributed by atoms with Crippen molar-refractivity contribution >= 4 is 23.8 Å². The maximum absolute atomic E-state index is 10.9. The molecule has 0 saturated heterocycles. The first-order chi connectivity index (χ1) is 8.08. The fourth-order valence-corrected chi connectivity index (χ4v) is 1.75. The topological polar surface area (TPSA) is 72.2 Å². The van der Waals surface area contributed by atoms with E-state index in [1.165, 1.54) is 0 Å². The number of thiol groups is 1. The van der Waals surface area contributed by atoms with Gasteiger partial charge in [0, 0.05) is 12.5 Å². The summed E-state index contributed by atoms with van der Waals surface area (Å²) in [6.07, 6.45) is 1.52. The van der Waals surface area contributed by atoms with E-state index in [2.05, 4.69) is 17.9 Å². The van der Waals surface area contributed by atoms with Gasteiger partial charge < -0.3 is 11.1 Å². The van der Waals surface area contributed by atoms with Crippen LogP contribution in [0.5, 0.6) is 0 Å². The van der Waals surface area contributed by atoms with Gasteiger partial charge >= 0.3 is 6.03 Å². The third-order valence-corrected chi connectivity index (χ3v) is 2.60. The highest BCUT2D eigenvalue weighted by Gasteiger charge is 2.12. The van der Waals surface area contributed by atoms with Crippen molar-refractivity contribution in [2.75, 3.05) is 0 Å². The van der Waals surface area contributed by atoms with E-state index < -0.39 is 6.03 Å². The lowest BCUT2D eigenvalue weighted by atomic mass is 10.0. The van der Waals surface area contributed by atoms with Crippen LogP contribution in [-0.4, -0.2) is 17.2 Å². The quantitative estimate of drug-likeness (QED) is 0.671. The Hall–Kier alpha value is -1.49. The molecule has 92 valence electrons. The third-order valence-electron chi connectivity index (χ3n) is 2.38. The van der Waals surface area contributed by atoms with Crippen LogP contribution in [0.3, 0.4) is 0 Å². The van der Waals surface area contributed by atoms with Crippen molar-refractivity contribution in [1.29, 1.82) is 0 Å². The van der Waals surface area contributed by atoms with Gasteiger partial charge in [-0.2, -0.15) is 0 Å². The zero-order valence-electron chi connectivity index (χ0n) is 9.43. The lowest BCUT2D eigenvalue weighted by molar-refractivity contribution is -0.111. The molecule has 0 saturated carbocycles. The van der Waals surface area contributed by atoms with E-state index in [0.29, 0.717) is 19.3 Å². The zero-order valence-corrected chi connectivity index (χ0v) is 10.3. The Labute approximate surface area is 106 Å². The molecule has 0 unspecified atom stereocenters. The van der Waals surface area contributed by atoms with Gasteiger partial charge in [-0.15, -0.1) is 12.6 Å². The number of nitrogens with one attached hydrogen (secondary N) is 1. The molecule has 0 spiro atoms. The molecule has 0 aliphatic rings. The normalized spacial score (nSPS) is 11.8. The Bertz CT molecular complexity index is 381. The molecule has 2 amide bonds. The molecule has 17 heavy (non-hydrogen) atoms. The van der Waals surface area contributed by atoms with Crippen LogP contribution in [0.2, 0.25) is 0 Å². The predicted molar refractivity (Wildman–Crippen MR) is 69.9 cm³/mol. The summed E-state index contributed by atoms with van der Waals surface area (Å²) in [6.45, 7) is 0. The number of rotatable bonds is 6. The summed E-state index contributed by atoms with van der Waals surface area (Å²) in [5.41, 5.74) is 6.19. The number of amides is 2. The van der Waals surface area contributed by atoms with Crippen LogP contribution in [0.1, 0.15) is 18.4 Å². The van der Waals surface area contributed by atoms with Crippen LogP contribution in [0.4, 0.5) is 4.79 Å². The van der Waals surface area contributed by atoms with Gasteiger partial charge in [0.1, 0.15) is 0 Å². The molecule has 0 aliphatic carbocycles. The summed E-state index contributed by atoms with van der Waals surface area (Å²) in [6, 6.07) is 9.03. The highest BCUT2D eigenvalue weighted by atomic mass is 32.1. The third kappa shape index (κ3) is 5.97. The Morgan fingerprint density at radius 1 is 1.29 bits per heavy atom. The molecule has 0 fully saturated rings. The van der Waals surface area contributed by atoms with Crippen LogP contribution in [-0.2, 0) is 11.2 Å². The number of primary amides is 1. The first kappa shape index (κ1) is 13.6. The standard InChI is InChI=1S/C12H16N2O2S/c13-12(16)14-10(6-7-11(15)17)8-9-4-2-1-3-5-9/h1-5,10H,6-8H2,(H,15,17)(H3,13,14,16)/t10-/m0/s1. The first-order valence-electron chi connectivity index (χ1n) is 5.39. The van der Waals surface area contributed by atoms with Gasteiger partial charge in [0.05, 0.1) is 0 Å². The summed E-state index contributed by atoms with van der Waals surface area (Å²) in [7, 11) is 0. The average molecular weight is 252 g/mol. The number of urea groups is 1. The van der Waals surface area contributed by atoms with Gasteiger partial charge in [-0.1, -0.05) is 30.3 Å². The summed E-state index contributed by atoms with van der Waals surface area (Å²) in [5.74, 6) is 0. The summed E-state index contributed by atoms with van der Waals surface area (Å²) in [4.78, 5) is 21.7. The van der Waals surface area contributed by atoms with Crippen LogP contribution in [0.15, 0.2) is 30.3 Å². The van der Waals surface area contributed by atoms with Gasteiger partial charge in [-0.3, -0.25) is 4.79 Å². The van der Waals surface area contributed by atoms with Crippen molar-refractivity contribution in [3.05, 3.63) is 35.9 Å². The van der Waals surface area contributed by atoms with Crippen molar-refractivity contribution in [3.63, 3.8) is 0 Å². The lowest BCUT2D eigenvalue weighted by Crippen LogP contribution is -2.40.